The Balaban J connectivity index is 1.83. The molecular weight excluding hydrogens is 180 g/mol. The van der Waals surface area contributed by atoms with Gasteiger partial charge in [-0.2, -0.15) is 0 Å². The number of imidazole rings is 1. The molecule has 5 heteroatoms. The Labute approximate surface area is 82.5 Å². The van der Waals surface area contributed by atoms with Crippen molar-refractivity contribution in [3.05, 3.63) is 12.4 Å². The van der Waals surface area contributed by atoms with Crippen molar-refractivity contribution in [1.82, 2.24) is 14.9 Å². The lowest BCUT2D eigenvalue weighted by molar-refractivity contribution is -0.119. The van der Waals surface area contributed by atoms with Crippen molar-refractivity contribution < 1.29 is 4.79 Å². The first-order chi connectivity index (χ1) is 6.75. The minimum absolute atomic E-state index is 0.150. The molecule has 2 N–H and O–H groups in total. The lowest BCUT2D eigenvalue weighted by Gasteiger charge is -2.11. The monoisotopic (exact) mass is 194 g/mol. The number of carbonyl (C=O) groups excluding carboxylic acids is 1. The van der Waals surface area contributed by atoms with Gasteiger partial charge in [0.05, 0.1) is 0 Å². The van der Waals surface area contributed by atoms with Gasteiger partial charge < -0.3 is 15.2 Å². The van der Waals surface area contributed by atoms with Crippen LogP contribution in [0, 0.1) is 0 Å². The van der Waals surface area contributed by atoms with E-state index < -0.39 is 0 Å². The molecule has 0 radical (unpaired) electrons. The Morgan fingerprint density at radius 3 is 3.21 bits per heavy atom. The van der Waals surface area contributed by atoms with Crippen molar-refractivity contribution in [3.8, 4) is 0 Å². The topological polar surface area (TPSA) is 59.0 Å². The number of rotatable bonds is 3. The molecule has 1 fully saturated rings. The summed E-state index contributed by atoms with van der Waals surface area (Å²) in [7, 11) is 1.93. The number of carbonyl (C=O) groups is 1. The maximum Gasteiger partial charge on any atom is 0.220 e. The van der Waals surface area contributed by atoms with Crippen LogP contribution in [0.25, 0.3) is 0 Å². The molecule has 0 aromatic carbocycles. The van der Waals surface area contributed by atoms with Crippen molar-refractivity contribution in [2.24, 2.45) is 7.05 Å². The average Bonchev–Trinajstić information content (AvgIpc) is 2.72. The molecular formula is C9H14N4O. The van der Waals surface area contributed by atoms with E-state index in [1.54, 1.807) is 6.20 Å². The summed E-state index contributed by atoms with van der Waals surface area (Å²) >= 11 is 0. The Kier molecular flexibility index (Phi) is 2.39. The summed E-state index contributed by atoms with van der Waals surface area (Å²) < 4.78 is 1.91. The number of hydrogen-bond acceptors (Lipinski definition) is 3. The van der Waals surface area contributed by atoms with Gasteiger partial charge in [0.1, 0.15) is 0 Å². The highest BCUT2D eigenvalue weighted by Crippen LogP contribution is 2.08. The number of nitrogens with one attached hydrogen (secondary N) is 2. The smallest absolute Gasteiger partial charge is 0.220 e. The standard InChI is InChI=1S/C9H14N4O/c1-13-5-4-10-9(13)11-6-7-2-3-8(14)12-7/h4-5,7H,2-3,6H2,1H3,(H,10,11)(H,12,14). The van der Waals surface area contributed by atoms with E-state index in [-0.39, 0.29) is 11.9 Å². The van der Waals surface area contributed by atoms with Crippen molar-refractivity contribution in [3.63, 3.8) is 0 Å². The van der Waals surface area contributed by atoms with Crippen LogP contribution in [-0.2, 0) is 11.8 Å². The molecule has 1 aliphatic rings. The normalized spacial score (nSPS) is 20.9. The van der Waals surface area contributed by atoms with Crippen molar-refractivity contribution in [2.75, 3.05) is 11.9 Å². The Morgan fingerprint density at radius 2 is 2.64 bits per heavy atom. The molecule has 5 nitrogen and oxygen atoms in total. The molecule has 14 heavy (non-hydrogen) atoms. The van der Waals surface area contributed by atoms with Crippen LogP contribution in [0.1, 0.15) is 12.8 Å². The summed E-state index contributed by atoms with van der Waals surface area (Å²) in [5, 5.41) is 6.09. The predicted molar refractivity (Wildman–Crippen MR) is 52.9 cm³/mol. The molecule has 0 saturated carbocycles. The number of aryl methyl sites for hydroxylation is 1. The van der Waals surface area contributed by atoms with Crippen LogP contribution in [0.5, 0.6) is 0 Å². The summed E-state index contributed by atoms with van der Waals surface area (Å²) in [6.45, 7) is 0.747. The lowest BCUT2D eigenvalue weighted by atomic mass is 10.2. The Morgan fingerprint density at radius 1 is 1.79 bits per heavy atom. The molecule has 1 atom stereocenters. The van der Waals surface area contributed by atoms with E-state index in [2.05, 4.69) is 15.6 Å². The fourth-order valence-electron chi connectivity index (χ4n) is 1.58. The maximum atomic E-state index is 10.9. The second kappa shape index (κ2) is 3.69. The van der Waals surface area contributed by atoms with Gasteiger partial charge in [0.15, 0.2) is 0 Å². The molecule has 1 aromatic rings. The van der Waals surface area contributed by atoms with E-state index >= 15 is 0 Å². The summed E-state index contributed by atoms with van der Waals surface area (Å²) in [4.78, 5) is 15.1. The second-order valence-corrected chi connectivity index (χ2v) is 3.55. The van der Waals surface area contributed by atoms with Crippen molar-refractivity contribution in [1.29, 1.82) is 0 Å². The zero-order chi connectivity index (χ0) is 9.97. The molecule has 1 aromatic heterocycles. The van der Waals surface area contributed by atoms with Crippen LogP contribution in [0.4, 0.5) is 5.95 Å². The molecule has 1 amide bonds. The van der Waals surface area contributed by atoms with Crippen LogP contribution < -0.4 is 10.6 Å². The van der Waals surface area contributed by atoms with Crippen LogP contribution >= 0.6 is 0 Å². The van der Waals surface area contributed by atoms with Crippen LogP contribution in [0.2, 0.25) is 0 Å². The van der Waals surface area contributed by atoms with Gasteiger partial charge in [-0.3, -0.25) is 4.79 Å². The highest BCUT2D eigenvalue weighted by Gasteiger charge is 2.20. The summed E-state index contributed by atoms with van der Waals surface area (Å²) in [6.07, 6.45) is 5.19. The third kappa shape index (κ3) is 1.86. The molecule has 0 spiro atoms. The van der Waals surface area contributed by atoms with Gasteiger partial charge in [0.25, 0.3) is 0 Å². The number of hydrogen-bond donors (Lipinski definition) is 2. The van der Waals surface area contributed by atoms with E-state index in [1.807, 2.05) is 17.8 Å². The third-order valence-electron chi connectivity index (χ3n) is 2.41. The van der Waals surface area contributed by atoms with Crippen molar-refractivity contribution in [2.45, 2.75) is 18.9 Å². The van der Waals surface area contributed by atoms with Crippen molar-refractivity contribution >= 4 is 11.9 Å². The number of amides is 1. The Hall–Kier alpha value is -1.52. The van der Waals surface area contributed by atoms with Gasteiger partial charge in [-0.05, 0) is 6.42 Å². The van der Waals surface area contributed by atoms with E-state index in [1.165, 1.54) is 0 Å². The van der Waals surface area contributed by atoms with Crippen LogP contribution in [0.3, 0.4) is 0 Å². The summed E-state index contributed by atoms with van der Waals surface area (Å²) in [6, 6.07) is 0.249. The molecule has 2 rings (SSSR count). The number of aromatic nitrogens is 2. The SMILES string of the molecule is Cn1ccnc1NCC1CCC(=O)N1. The largest absolute Gasteiger partial charge is 0.354 e. The number of nitrogens with zero attached hydrogens (tertiary/aromatic N) is 2. The molecule has 0 aliphatic carbocycles. The van der Waals surface area contributed by atoms with E-state index in [0.29, 0.717) is 6.42 Å². The van der Waals surface area contributed by atoms with E-state index in [9.17, 15) is 4.79 Å². The highest BCUT2D eigenvalue weighted by atomic mass is 16.1. The van der Waals surface area contributed by atoms with Gasteiger partial charge in [0, 0.05) is 38.4 Å². The van der Waals surface area contributed by atoms with Gasteiger partial charge in [-0.25, -0.2) is 4.98 Å². The number of anilines is 1. The summed E-state index contributed by atoms with van der Waals surface area (Å²) in [5.74, 6) is 0.989. The molecule has 0 bridgehead atoms. The minimum atomic E-state index is 0.150. The lowest BCUT2D eigenvalue weighted by Crippen LogP contribution is -2.32. The maximum absolute atomic E-state index is 10.9. The average molecular weight is 194 g/mol. The fourth-order valence-corrected chi connectivity index (χ4v) is 1.58. The minimum Gasteiger partial charge on any atom is -0.354 e. The highest BCUT2D eigenvalue weighted by molar-refractivity contribution is 5.78. The van der Waals surface area contributed by atoms with Gasteiger partial charge >= 0.3 is 0 Å². The summed E-state index contributed by atoms with van der Waals surface area (Å²) in [5.41, 5.74) is 0. The second-order valence-electron chi connectivity index (χ2n) is 3.55. The first-order valence-corrected chi connectivity index (χ1v) is 4.76. The molecule has 1 saturated heterocycles. The molecule has 2 heterocycles. The third-order valence-corrected chi connectivity index (χ3v) is 2.41. The predicted octanol–water partition coefficient (Wildman–Crippen LogP) is 0.111. The fraction of sp³-hybridized carbons (Fsp3) is 0.556. The van der Waals surface area contributed by atoms with Gasteiger partial charge in [-0.15, -0.1) is 0 Å². The molecule has 76 valence electrons. The zero-order valence-electron chi connectivity index (χ0n) is 8.16. The Bertz CT molecular complexity index is 333. The first-order valence-electron chi connectivity index (χ1n) is 4.76. The quantitative estimate of drug-likeness (QED) is 0.718. The van der Waals surface area contributed by atoms with Gasteiger partial charge in [-0.1, -0.05) is 0 Å². The van der Waals surface area contributed by atoms with E-state index in [4.69, 9.17) is 0 Å². The molecule has 1 unspecified atom stereocenters. The van der Waals surface area contributed by atoms with Gasteiger partial charge in [0.2, 0.25) is 11.9 Å². The first kappa shape index (κ1) is 9.05. The van der Waals surface area contributed by atoms with Crippen LogP contribution in [-0.4, -0.2) is 28.0 Å². The van der Waals surface area contributed by atoms with E-state index in [0.717, 1.165) is 18.9 Å². The molecule has 1 aliphatic heterocycles. The van der Waals surface area contributed by atoms with Crippen LogP contribution in [0.15, 0.2) is 12.4 Å². The zero-order valence-corrected chi connectivity index (χ0v) is 8.16.